The molecule has 2 rings (SSSR count). The molecule has 1 aromatic heterocycles. The molecule has 0 saturated heterocycles. The monoisotopic (exact) mass is 284 g/mol. The number of aryl methyl sites for hydroxylation is 1. The van der Waals surface area contributed by atoms with Crippen molar-refractivity contribution >= 4 is 5.91 Å². The van der Waals surface area contributed by atoms with Gasteiger partial charge in [0.05, 0.1) is 18.2 Å². The zero-order valence-electron chi connectivity index (χ0n) is 11.8. The molecule has 0 aliphatic carbocycles. The first-order chi connectivity index (χ1) is 10.1. The summed E-state index contributed by atoms with van der Waals surface area (Å²) in [5, 5.41) is 16.3. The lowest BCUT2D eigenvalue weighted by Crippen LogP contribution is -2.28. The van der Waals surface area contributed by atoms with Crippen molar-refractivity contribution < 1.29 is 4.79 Å². The zero-order valence-corrected chi connectivity index (χ0v) is 11.8. The first kappa shape index (κ1) is 14.7. The lowest BCUT2D eigenvalue weighted by molar-refractivity contribution is 0.0938. The van der Waals surface area contributed by atoms with Gasteiger partial charge >= 0.3 is 0 Å². The number of aromatic nitrogens is 4. The standard InChI is InChI=1S/C14H16N6O/c1-9-5-6-12(11(8-9)4-3-7-15)14(21)16-10(2)13-17-19-20-18-13/h5-6,8,10H,7,15H2,1-2H3,(H,16,21)(H,17,18,19,20). The molecule has 21 heavy (non-hydrogen) atoms. The number of nitrogens with zero attached hydrogens (tertiary/aromatic N) is 3. The van der Waals surface area contributed by atoms with Crippen molar-refractivity contribution in [2.75, 3.05) is 6.54 Å². The van der Waals surface area contributed by atoms with Crippen LogP contribution in [0.2, 0.25) is 0 Å². The highest BCUT2D eigenvalue weighted by Gasteiger charge is 2.16. The first-order valence-corrected chi connectivity index (χ1v) is 6.45. The molecule has 0 aliphatic heterocycles. The van der Waals surface area contributed by atoms with Crippen LogP contribution < -0.4 is 11.1 Å². The number of hydrogen-bond acceptors (Lipinski definition) is 5. The topological polar surface area (TPSA) is 110 Å². The Bertz CT molecular complexity index is 683. The van der Waals surface area contributed by atoms with E-state index in [1.807, 2.05) is 19.1 Å². The van der Waals surface area contributed by atoms with Gasteiger partial charge in [0.15, 0.2) is 5.82 Å². The van der Waals surface area contributed by atoms with Crippen LogP contribution in [-0.2, 0) is 0 Å². The van der Waals surface area contributed by atoms with Crippen molar-refractivity contribution in [2.24, 2.45) is 5.73 Å². The van der Waals surface area contributed by atoms with Gasteiger partial charge in [0.1, 0.15) is 0 Å². The number of benzene rings is 1. The van der Waals surface area contributed by atoms with Gasteiger partial charge in [-0.3, -0.25) is 4.79 Å². The summed E-state index contributed by atoms with van der Waals surface area (Å²) in [4.78, 5) is 12.3. The molecule has 1 aromatic carbocycles. The van der Waals surface area contributed by atoms with Gasteiger partial charge < -0.3 is 11.1 Å². The number of rotatable bonds is 3. The second-order valence-corrected chi connectivity index (χ2v) is 4.52. The molecule has 1 unspecified atom stereocenters. The second-order valence-electron chi connectivity index (χ2n) is 4.52. The third-order valence-electron chi connectivity index (χ3n) is 2.84. The van der Waals surface area contributed by atoms with E-state index in [1.165, 1.54) is 0 Å². The van der Waals surface area contributed by atoms with Gasteiger partial charge in [0.25, 0.3) is 5.91 Å². The Morgan fingerprint density at radius 3 is 3.00 bits per heavy atom. The van der Waals surface area contributed by atoms with E-state index in [0.29, 0.717) is 17.0 Å². The Morgan fingerprint density at radius 2 is 2.33 bits per heavy atom. The smallest absolute Gasteiger partial charge is 0.253 e. The van der Waals surface area contributed by atoms with Gasteiger partial charge in [0, 0.05) is 5.56 Å². The largest absolute Gasteiger partial charge is 0.342 e. The van der Waals surface area contributed by atoms with Gasteiger partial charge in [-0.2, -0.15) is 5.21 Å². The van der Waals surface area contributed by atoms with Crippen molar-refractivity contribution in [3.63, 3.8) is 0 Å². The predicted octanol–water partition coefficient (Wildman–Crippen LogP) is 0.309. The molecule has 4 N–H and O–H groups in total. The van der Waals surface area contributed by atoms with Crippen LogP contribution in [-0.4, -0.2) is 33.1 Å². The van der Waals surface area contributed by atoms with E-state index in [4.69, 9.17) is 5.73 Å². The van der Waals surface area contributed by atoms with Crippen LogP contribution in [0, 0.1) is 18.8 Å². The Labute approximate surface area is 122 Å². The number of carbonyl (C=O) groups is 1. The minimum absolute atomic E-state index is 0.242. The van der Waals surface area contributed by atoms with Crippen molar-refractivity contribution in [1.29, 1.82) is 0 Å². The minimum Gasteiger partial charge on any atom is -0.342 e. The third kappa shape index (κ3) is 3.64. The van der Waals surface area contributed by atoms with Crippen molar-refractivity contribution in [3.8, 4) is 11.8 Å². The summed E-state index contributed by atoms with van der Waals surface area (Å²) in [6.07, 6.45) is 0. The molecule has 0 spiro atoms. The fraction of sp³-hybridized carbons (Fsp3) is 0.286. The Kier molecular flexibility index (Phi) is 4.64. The Balaban J connectivity index is 2.22. The molecule has 1 heterocycles. The van der Waals surface area contributed by atoms with Crippen LogP contribution in [0.1, 0.15) is 40.3 Å². The maximum atomic E-state index is 12.3. The van der Waals surface area contributed by atoms with Crippen LogP contribution in [0.4, 0.5) is 0 Å². The highest BCUT2D eigenvalue weighted by atomic mass is 16.1. The van der Waals surface area contributed by atoms with E-state index in [-0.39, 0.29) is 18.5 Å². The van der Waals surface area contributed by atoms with E-state index in [2.05, 4.69) is 37.8 Å². The highest BCUT2D eigenvalue weighted by molar-refractivity contribution is 5.97. The van der Waals surface area contributed by atoms with Crippen molar-refractivity contribution in [1.82, 2.24) is 25.9 Å². The summed E-state index contributed by atoms with van der Waals surface area (Å²) >= 11 is 0. The SMILES string of the molecule is Cc1ccc(C(=O)NC(C)c2nn[nH]n2)c(C#CCN)c1. The molecule has 0 fully saturated rings. The van der Waals surface area contributed by atoms with E-state index >= 15 is 0 Å². The molecule has 7 heteroatoms. The van der Waals surface area contributed by atoms with Crippen LogP contribution in [0.5, 0.6) is 0 Å². The summed E-state index contributed by atoms with van der Waals surface area (Å²) in [6, 6.07) is 5.11. The quantitative estimate of drug-likeness (QED) is 0.703. The van der Waals surface area contributed by atoms with Gasteiger partial charge in [0.2, 0.25) is 0 Å². The summed E-state index contributed by atoms with van der Waals surface area (Å²) in [5.41, 5.74) is 7.56. The van der Waals surface area contributed by atoms with Crippen LogP contribution in [0.25, 0.3) is 0 Å². The van der Waals surface area contributed by atoms with Crippen molar-refractivity contribution in [2.45, 2.75) is 19.9 Å². The lowest BCUT2D eigenvalue weighted by Gasteiger charge is -2.11. The number of carbonyl (C=O) groups excluding carboxylic acids is 1. The average Bonchev–Trinajstić information content (AvgIpc) is 2.99. The molecule has 0 saturated carbocycles. The van der Waals surface area contributed by atoms with E-state index < -0.39 is 0 Å². The van der Waals surface area contributed by atoms with E-state index in [1.54, 1.807) is 13.0 Å². The summed E-state index contributed by atoms with van der Waals surface area (Å²) < 4.78 is 0. The first-order valence-electron chi connectivity index (χ1n) is 6.45. The maximum absolute atomic E-state index is 12.3. The van der Waals surface area contributed by atoms with E-state index in [9.17, 15) is 4.79 Å². The predicted molar refractivity (Wildman–Crippen MR) is 77.2 cm³/mol. The van der Waals surface area contributed by atoms with Gasteiger partial charge in [-0.15, -0.1) is 10.2 Å². The molecule has 1 atom stereocenters. The minimum atomic E-state index is -0.354. The van der Waals surface area contributed by atoms with Crippen molar-refractivity contribution in [3.05, 3.63) is 40.7 Å². The molecular formula is C14H16N6O. The molecule has 7 nitrogen and oxygen atoms in total. The average molecular weight is 284 g/mol. The molecule has 0 aliphatic rings. The van der Waals surface area contributed by atoms with Crippen LogP contribution >= 0.6 is 0 Å². The molecule has 108 valence electrons. The summed E-state index contributed by atoms with van der Waals surface area (Å²) in [6.45, 7) is 3.97. The number of amides is 1. The lowest BCUT2D eigenvalue weighted by atomic mass is 10.0. The number of nitrogens with one attached hydrogen (secondary N) is 2. The summed E-state index contributed by atoms with van der Waals surface area (Å²) in [5.74, 6) is 5.86. The normalized spacial score (nSPS) is 11.4. The third-order valence-corrected chi connectivity index (χ3v) is 2.84. The van der Waals surface area contributed by atoms with Gasteiger partial charge in [-0.1, -0.05) is 23.1 Å². The number of H-pyrrole nitrogens is 1. The highest BCUT2D eigenvalue weighted by Crippen LogP contribution is 2.13. The second kappa shape index (κ2) is 6.63. The fourth-order valence-electron chi connectivity index (χ4n) is 1.80. The molecule has 0 radical (unpaired) electrons. The molecule has 2 aromatic rings. The molecular weight excluding hydrogens is 268 g/mol. The molecule has 1 amide bonds. The van der Waals surface area contributed by atoms with Crippen LogP contribution in [0.15, 0.2) is 18.2 Å². The van der Waals surface area contributed by atoms with E-state index in [0.717, 1.165) is 5.56 Å². The Morgan fingerprint density at radius 1 is 1.52 bits per heavy atom. The number of hydrogen-bond donors (Lipinski definition) is 3. The van der Waals surface area contributed by atoms with Gasteiger partial charge in [-0.05, 0) is 31.5 Å². The number of nitrogens with two attached hydrogens (primary N) is 1. The fourth-order valence-corrected chi connectivity index (χ4v) is 1.80. The van der Waals surface area contributed by atoms with Crippen LogP contribution in [0.3, 0.4) is 0 Å². The Hall–Kier alpha value is -2.72. The number of tetrazole rings is 1. The summed E-state index contributed by atoms with van der Waals surface area (Å²) in [7, 11) is 0. The zero-order chi connectivity index (χ0) is 15.2. The van der Waals surface area contributed by atoms with Gasteiger partial charge in [-0.25, -0.2) is 0 Å². The maximum Gasteiger partial charge on any atom is 0.253 e. The molecule has 0 bridgehead atoms. The number of aromatic amines is 1.